The van der Waals surface area contributed by atoms with Gasteiger partial charge in [-0.2, -0.15) is 5.26 Å². The molecule has 1 aliphatic carbocycles. The molecular weight excluding hydrogens is 430 g/mol. The van der Waals surface area contributed by atoms with E-state index in [1.807, 2.05) is 50.2 Å². The average molecular weight is 454 g/mol. The maximum absolute atomic E-state index is 12.8. The van der Waals surface area contributed by atoms with Crippen molar-refractivity contribution in [3.8, 4) is 17.6 Å². The third kappa shape index (κ3) is 5.68. The standard InChI is InChI=1S/C25H24ClNO5/c1-25(2)20(11-12-22(28)30-14-13-26)23(25)24(29)32-21(16-27)17-7-6-10-19(15-17)31-18-8-4-3-5-9-18/h3-12,15,20-21,23H,13-14H2,1-2H3/t20-,21+,23-/m0/s1. The summed E-state index contributed by atoms with van der Waals surface area (Å²) in [5.74, 6) is -0.228. The Hall–Kier alpha value is -3.30. The van der Waals surface area contributed by atoms with E-state index in [-0.39, 0.29) is 18.4 Å². The molecule has 0 unspecified atom stereocenters. The number of carbonyl (C=O) groups excluding carboxylic acids is 2. The van der Waals surface area contributed by atoms with Gasteiger partial charge in [-0.05, 0) is 35.6 Å². The lowest BCUT2D eigenvalue weighted by Crippen LogP contribution is -2.14. The minimum Gasteiger partial charge on any atom is -0.461 e. The zero-order valence-electron chi connectivity index (χ0n) is 17.9. The molecule has 0 spiro atoms. The lowest BCUT2D eigenvalue weighted by atomic mass is 10.1. The fraction of sp³-hybridized carbons (Fsp3) is 0.320. The second-order valence-electron chi connectivity index (χ2n) is 7.97. The van der Waals surface area contributed by atoms with Crippen molar-refractivity contribution in [1.29, 1.82) is 5.26 Å². The number of rotatable bonds is 9. The van der Waals surface area contributed by atoms with E-state index in [0.717, 1.165) is 0 Å². The number of alkyl halides is 1. The first-order valence-corrected chi connectivity index (χ1v) is 10.7. The molecule has 0 bridgehead atoms. The summed E-state index contributed by atoms with van der Waals surface area (Å²) in [7, 11) is 0. The molecule has 1 aliphatic rings. The molecule has 0 N–H and O–H groups in total. The second kappa shape index (κ2) is 10.3. The molecule has 1 saturated carbocycles. The van der Waals surface area contributed by atoms with Gasteiger partial charge >= 0.3 is 11.9 Å². The summed E-state index contributed by atoms with van der Waals surface area (Å²) < 4.78 is 16.2. The maximum Gasteiger partial charge on any atom is 0.330 e. The number of allylic oxidation sites excluding steroid dienone is 1. The van der Waals surface area contributed by atoms with Gasteiger partial charge in [-0.15, -0.1) is 11.6 Å². The number of halogens is 1. The predicted octanol–water partition coefficient (Wildman–Crippen LogP) is 5.20. The average Bonchev–Trinajstić information content (AvgIpc) is 3.35. The van der Waals surface area contributed by atoms with E-state index in [0.29, 0.717) is 17.1 Å². The Morgan fingerprint density at radius 1 is 1.16 bits per heavy atom. The number of esters is 2. The van der Waals surface area contributed by atoms with Crippen molar-refractivity contribution in [2.24, 2.45) is 17.3 Å². The molecule has 32 heavy (non-hydrogen) atoms. The van der Waals surface area contributed by atoms with Gasteiger partial charge in [0, 0.05) is 11.6 Å². The molecule has 0 radical (unpaired) electrons. The highest BCUT2D eigenvalue weighted by molar-refractivity contribution is 6.18. The van der Waals surface area contributed by atoms with E-state index in [1.165, 1.54) is 6.08 Å². The smallest absolute Gasteiger partial charge is 0.330 e. The SMILES string of the molecule is CC1(C)[C@H](C(=O)O[C@H](C#N)c2cccc(Oc3ccccc3)c2)[C@@H]1C=CC(=O)OCCCl. The van der Waals surface area contributed by atoms with Crippen LogP contribution in [0.5, 0.6) is 11.5 Å². The zero-order chi connectivity index (χ0) is 23.1. The van der Waals surface area contributed by atoms with Crippen molar-refractivity contribution in [2.45, 2.75) is 20.0 Å². The number of ether oxygens (including phenoxy) is 3. The van der Waals surface area contributed by atoms with Gasteiger partial charge in [0.2, 0.25) is 6.10 Å². The second-order valence-corrected chi connectivity index (χ2v) is 8.35. The van der Waals surface area contributed by atoms with Gasteiger partial charge < -0.3 is 14.2 Å². The minimum atomic E-state index is -1.07. The van der Waals surface area contributed by atoms with E-state index < -0.39 is 29.4 Å². The van der Waals surface area contributed by atoms with Gasteiger partial charge in [0.15, 0.2) is 0 Å². The minimum absolute atomic E-state index is 0.126. The Morgan fingerprint density at radius 2 is 1.88 bits per heavy atom. The van der Waals surface area contributed by atoms with Crippen LogP contribution in [0.2, 0.25) is 0 Å². The Balaban J connectivity index is 1.65. The van der Waals surface area contributed by atoms with Crippen molar-refractivity contribution in [3.05, 3.63) is 72.3 Å². The molecule has 1 fully saturated rings. The van der Waals surface area contributed by atoms with Crippen LogP contribution < -0.4 is 4.74 Å². The third-order valence-electron chi connectivity index (χ3n) is 5.42. The molecule has 166 valence electrons. The molecule has 0 aliphatic heterocycles. The quantitative estimate of drug-likeness (QED) is 0.295. The van der Waals surface area contributed by atoms with Crippen LogP contribution in [0.15, 0.2) is 66.7 Å². The van der Waals surface area contributed by atoms with Crippen molar-refractivity contribution in [3.63, 3.8) is 0 Å². The van der Waals surface area contributed by atoms with Crippen molar-refractivity contribution in [2.75, 3.05) is 12.5 Å². The van der Waals surface area contributed by atoms with Crippen LogP contribution in [0.4, 0.5) is 0 Å². The van der Waals surface area contributed by atoms with Crippen LogP contribution in [0, 0.1) is 28.6 Å². The molecule has 3 atom stereocenters. The van der Waals surface area contributed by atoms with E-state index in [4.69, 9.17) is 25.8 Å². The molecule has 0 aromatic heterocycles. The highest BCUT2D eigenvalue weighted by atomic mass is 35.5. The Morgan fingerprint density at radius 3 is 2.56 bits per heavy atom. The fourth-order valence-electron chi connectivity index (χ4n) is 3.58. The molecule has 6 nitrogen and oxygen atoms in total. The number of benzene rings is 2. The Bertz CT molecular complexity index is 1030. The predicted molar refractivity (Wildman–Crippen MR) is 119 cm³/mol. The summed E-state index contributed by atoms with van der Waals surface area (Å²) in [5.41, 5.74) is 0.128. The number of hydrogen-bond acceptors (Lipinski definition) is 6. The summed E-state index contributed by atoms with van der Waals surface area (Å²) in [5, 5.41) is 9.61. The molecule has 2 aromatic rings. The van der Waals surface area contributed by atoms with E-state index in [2.05, 4.69) is 0 Å². The van der Waals surface area contributed by atoms with Gasteiger partial charge in [0.05, 0.1) is 11.8 Å². The summed E-state index contributed by atoms with van der Waals surface area (Å²) in [4.78, 5) is 24.4. The molecule has 3 rings (SSSR count). The normalized spacial score (nSPS) is 19.6. The molecule has 0 heterocycles. The molecule has 7 heteroatoms. The van der Waals surface area contributed by atoms with E-state index in [1.54, 1.807) is 30.3 Å². The van der Waals surface area contributed by atoms with Gasteiger partial charge in [0.25, 0.3) is 0 Å². The summed E-state index contributed by atoms with van der Waals surface area (Å²) in [6.07, 6.45) is 1.88. The molecule has 2 aromatic carbocycles. The van der Waals surface area contributed by atoms with Crippen LogP contribution in [0.25, 0.3) is 0 Å². The van der Waals surface area contributed by atoms with Crippen LogP contribution in [0.3, 0.4) is 0 Å². The van der Waals surface area contributed by atoms with Crippen LogP contribution in [-0.4, -0.2) is 24.4 Å². The van der Waals surface area contributed by atoms with Gasteiger partial charge in [0.1, 0.15) is 24.2 Å². The Kier molecular flexibility index (Phi) is 7.55. The van der Waals surface area contributed by atoms with Gasteiger partial charge in [-0.3, -0.25) is 4.79 Å². The molecular formula is C25H24ClNO5. The van der Waals surface area contributed by atoms with Crippen molar-refractivity contribution in [1.82, 2.24) is 0 Å². The zero-order valence-corrected chi connectivity index (χ0v) is 18.6. The summed E-state index contributed by atoms with van der Waals surface area (Å²) in [6.45, 7) is 3.95. The highest BCUT2D eigenvalue weighted by Gasteiger charge is 2.61. The summed E-state index contributed by atoms with van der Waals surface area (Å²) in [6, 6.07) is 18.2. The number of hydrogen-bond donors (Lipinski definition) is 0. The van der Waals surface area contributed by atoms with Crippen molar-refractivity contribution < 1.29 is 23.8 Å². The molecule has 0 amide bonds. The monoisotopic (exact) mass is 453 g/mol. The first kappa shape index (κ1) is 23.4. The third-order valence-corrected chi connectivity index (χ3v) is 5.57. The van der Waals surface area contributed by atoms with Crippen molar-refractivity contribution >= 4 is 23.5 Å². The summed E-state index contributed by atoms with van der Waals surface area (Å²) >= 11 is 5.50. The highest BCUT2D eigenvalue weighted by Crippen LogP contribution is 2.59. The topological polar surface area (TPSA) is 85.6 Å². The molecule has 0 saturated heterocycles. The number of carbonyl (C=O) groups is 2. The number of nitrogens with zero attached hydrogens (tertiary/aromatic N) is 1. The van der Waals surface area contributed by atoms with Gasteiger partial charge in [-0.25, -0.2) is 4.79 Å². The van der Waals surface area contributed by atoms with Crippen LogP contribution in [0.1, 0.15) is 25.5 Å². The first-order chi connectivity index (χ1) is 15.4. The largest absolute Gasteiger partial charge is 0.461 e. The fourth-order valence-corrected chi connectivity index (χ4v) is 3.66. The van der Waals surface area contributed by atoms with Gasteiger partial charge in [-0.1, -0.05) is 50.3 Å². The Labute approximate surface area is 192 Å². The van der Waals surface area contributed by atoms with E-state index in [9.17, 15) is 14.9 Å². The lowest BCUT2D eigenvalue weighted by molar-refractivity contribution is -0.149. The van der Waals surface area contributed by atoms with E-state index >= 15 is 0 Å². The van der Waals surface area contributed by atoms with Crippen LogP contribution >= 0.6 is 11.6 Å². The maximum atomic E-state index is 12.8. The lowest BCUT2D eigenvalue weighted by Gasteiger charge is -2.13. The first-order valence-electron chi connectivity index (χ1n) is 10.2. The van der Waals surface area contributed by atoms with Crippen LogP contribution in [-0.2, 0) is 19.1 Å². The number of nitriles is 1. The number of para-hydroxylation sites is 1.